The van der Waals surface area contributed by atoms with Crippen LogP contribution < -0.4 is 5.73 Å². The molecule has 0 saturated carbocycles. The molecule has 0 spiro atoms. The molecule has 0 unspecified atom stereocenters. The van der Waals surface area contributed by atoms with Crippen molar-refractivity contribution >= 4 is 39.2 Å². The molecule has 0 saturated heterocycles. The Labute approximate surface area is 97.1 Å². The summed E-state index contributed by atoms with van der Waals surface area (Å²) in [4.78, 5) is 4.27. The summed E-state index contributed by atoms with van der Waals surface area (Å²) in [5.41, 5.74) is 7.68. The lowest BCUT2D eigenvalue weighted by Gasteiger charge is -2.00. The van der Waals surface area contributed by atoms with Crippen LogP contribution in [0.2, 0.25) is 0 Å². The number of aromatic nitrogens is 1. The van der Waals surface area contributed by atoms with Gasteiger partial charge in [-0.15, -0.1) is 12.4 Å². The zero-order valence-corrected chi connectivity index (χ0v) is 9.81. The van der Waals surface area contributed by atoms with Gasteiger partial charge in [-0.2, -0.15) is 0 Å². The summed E-state index contributed by atoms with van der Waals surface area (Å²) < 4.78 is 0.995. The van der Waals surface area contributed by atoms with Crippen molar-refractivity contribution in [2.75, 3.05) is 0 Å². The van der Waals surface area contributed by atoms with E-state index in [9.17, 15) is 0 Å². The van der Waals surface area contributed by atoms with E-state index >= 15 is 0 Å². The average molecular weight is 274 g/mol. The van der Waals surface area contributed by atoms with Gasteiger partial charge >= 0.3 is 0 Å². The van der Waals surface area contributed by atoms with Gasteiger partial charge in [0.05, 0.1) is 5.52 Å². The van der Waals surface area contributed by atoms with Crippen LogP contribution in [-0.4, -0.2) is 4.98 Å². The van der Waals surface area contributed by atoms with E-state index in [0.29, 0.717) is 6.54 Å². The number of nitrogens with zero attached hydrogens (tertiary/aromatic N) is 1. The lowest BCUT2D eigenvalue weighted by molar-refractivity contribution is 1.07. The number of hydrogen-bond donors (Lipinski definition) is 1. The highest BCUT2D eigenvalue weighted by Crippen LogP contribution is 2.18. The van der Waals surface area contributed by atoms with Gasteiger partial charge in [0.25, 0.3) is 0 Å². The number of rotatable bonds is 1. The van der Waals surface area contributed by atoms with Gasteiger partial charge in [0, 0.05) is 22.6 Å². The average Bonchev–Trinajstić information content (AvgIpc) is 2.16. The first-order valence-corrected chi connectivity index (χ1v) is 4.83. The van der Waals surface area contributed by atoms with E-state index in [-0.39, 0.29) is 12.4 Å². The Morgan fingerprint density at radius 1 is 1.29 bits per heavy atom. The van der Waals surface area contributed by atoms with Crippen molar-refractivity contribution in [2.45, 2.75) is 6.54 Å². The number of fused-ring (bicyclic) bond motifs is 1. The molecule has 1 aromatic carbocycles. The molecular weight excluding hydrogens is 263 g/mol. The third-order valence-corrected chi connectivity index (χ3v) is 2.38. The normalized spacial score (nSPS) is 9.86. The van der Waals surface area contributed by atoms with Crippen LogP contribution in [0.1, 0.15) is 5.56 Å². The van der Waals surface area contributed by atoms with Crippen molar-refractivity contribution in [3.8, 4) is 0 Å². The van der Waals surface area contributed by atoms with Crippen LogP contribution in [0.25, 0.3) is 10.9 Å². The van der Waals surface area contributed by atoms with Crippen LogP contribution >= 0.6 is 28.3 Å². The monoisotopic (exact) mass is 272 g/mol. The van der Waals surface area contributed by atoms with Gasteiger partial charge < -0.3 is 5.73 Å². The quantitative estimate of drug-likeness (QED) is 0.868. The summed E-state index contributed by atoms with van der Waals surface area (Å²) in [7, 11) is 0. The van der Waals surface area contributed by atoms with Gasteiger partial charge in [-0.1, -0.05) is 6.07 Å². The number of pyridine rings is 1. The van der Waals surface area contributed by atoms with E-state index in [2.05, 4.69) is 27.0 Å². The van der Waals surface area contributed by atoms with E-state index in [0.717, 1.165) is 20.9 Å². The molecule has 0 aliphatic rings. The molecule has 0 aliphatic carbocycles. The summed E-state index contributed by atoms with van der Waals surface area (Å²) >= 11 is 3.39. The van der Waals surface area contributed by atoms with Gasteiger partial charge in [0.15, 0.2) is 0 Å². The zero-order chi connectivity index (χ0) is 9.26. The van der Waals surface area contributed by atoms with E-state index in [1.807, 2.05) is 18.2 Å². The van der Waals surface area contributed by atoms with Crippen molar-refractivity contribution in [1.29, 1.82) is 0 Å². The highest BCUT2D eigenvalue weighted by molar-refractivity contribution is 9.10. The van der Waals surface area contributed by atoms with Crippen molar-refractivity contribution in [3.63, 3.8) is 0 Å². The number of benzene rings is 1. The molecule has 0 amide bonds. The smallest absolute Gasteiger partial charge is 0.0703 e. The van der Waals surface area contributed by atoms with Crippen LogP contribution in [0, 0.1) is 0 Å². The summed E-state index contributed by atoms with van der Waals surface area (Å²) in [6, 6.07) is 8.10. The van der Waals surface area contributed by atoms with E-state index < -0.39 is 0 Å². The molecule has 2 aromatic rings. The Morgan fingerprint density at radius 3 is 2.79 bits per heavy atom. The fourth-order valence-corrected chi connectivity index (χ4v) is 1.63. The van der Waals surface area contributed by atoms with Crippen molar-refractivity contribution in [3.05, 3.63) is 40.5 Å². The molecule has 4 heteroatoms. The molecule has 0 aliphatic heterocycles. The van der Waals surface area contributed by atoms with Crippen molar-refractivity contribution in [2.24, 2.45) is 5.73 Å². The van der Waals surface area contributed by atoms with Gasteiger partial charge in [-0.3, -0.25) is 4.98 Å². The second-order valence-electron chi connectivity index (χ2n) is 2.88. The van der Waals surface area contributed by atoms with Gasteiger partial charge in [-0.05, 0) is 39.7 Å². The second kappa shape index (κ2) is 4.73. The van der Waals surface area contributed by atoms with Gasteiger partial charge in [-0.25, -0.2) is 0 Å². The van der Waals surface area contributed by atoms with E-state index in [1.54, 1.807) is 6.20 Å². The molecule has 14 heavy (non-hydrogen) atoms. The maximum atomic E-state index is 5.55. The lowest BCUT2D eigenvalue weighted by atomic mass is 10.1. The molecule has 1 aromatic heterocycles. The Bertz CT molecular complexity index is 445. The standard InChI is InChI=1S/C10H9BrN2.ClH/c11-9-4-8-3-7(5-12)1-2-10(8)13-6-9;/h1-4,6H,5,12H2;1H. The third-order valence-electron chi connectivity index (χ3n) is 1.95. The van der Waals surface area contributed by atoms with Crippen LogP contribution in [0.5, 0.6) is 0 Å². The largest absolute Gasteiger partial charge is 0.326 e. The lowest BCUT2D eigenvalue weighted by Crippen LogP contribution is -1.95. The Morgan fingerprint density at radius 2 is 2.07 bits per heavy atom. The first-order chi connectivity index (χ1) is 6.29. The molecule has 1 heterocycles. The van der Waals surface area contributed by atoms with Gasteiger partial charge in [0.2, 0.25) is 0 Å². The molecule has 0 bridgehead atoms. The van der Waals surface area contributed by atoms with E-state index in [4.69, 9.17) is 5.73 Å². The van der Waals surface area contributed by atoms with Crippen LogP contribution in [0.4, 0.5) is 0 Å². The molecular formula is C10H10BrClN2. The predicted octanol–water partition coefficient (Wildman–Crippen LogP) is 2.88. The van der Waals surface area contributed by atoms with Crippen LogP contribution in [0.15, 0.2) is 34.9 Å². The maximum Gasteiger partial charge on any atom is 0.0703 e. The van der Waals surface area contributed by atoms with E-state index in [1.165, 1.54) is 0 Å². The second-order valence-corrected chi connectivity index (χ2v) is 3.80. The topological polar surface area (TPSA) is 38.9 Å². The molecule has 2 N–H and O–H groups in total. The molecule has 2 rings (SSSR count). The van der Waals surface area contributed by atoms with Gasteiger partial charge in [0.1, 0.15) is 0 Å². The van der Waals surface area contributed by atoms with Crippen LogP contribution in [-0.2, 0) is 6.54 Å². The first-order valence-electron chi connectivity index (χ1n) is 4.04. The summed E-state index contributed by atoms with van der Waals surface area (Å²) in [6.07, 6.45) is 1.80. The molecule has 0 radical (unpaired) electrons. The molecule has 0 fully saturated rings. The fourth-order valence-electron chi connectivity index (χ4n) is 1.28. The molecule has 74 valence electrons. The minimum Gasteiger partial charge on any atom is -0.326 e. The maximum absolute atomic E-state index is 5.55. The summed E-state index contributed by atoms with van der Waals surface area (Å²) in [6.45, 7) is 0.572. The Balaban J connectivity index is 0.000000980. The SMILES string of the molecule is Cl.NCc1ccc2ncc(Br)cc2c1. The number of hydrogen-bond acceptors (Lipinski definition) is 2. The van der Waals surface area contributed by atoms with Crippen molar-refractivity contribution < 1.29 is 0 Å². The Kier molecular flexibility index (Phi) is 3.86. The molecule has 0 atom stereocenters. The van der Waals surface area contributed by atoms with Crippen LogP contribution in [0.3, 0.4) is 0 Å². The fraction of sp³-hybridized carbons (Fsp3) is 0.100. The Hall–Kier alpha value is -0.640. The summed E-state index contributed by atoms with van der Waals surface area (Å²) in [5.74, 6) is 0. The predicted molar refractivity (Wildman–Crippen MR) is 64.6 cm³/mol. The summed E-state index contributed by atoms with van der Waals surface area (Å²) in [5, 5.41) is 1.12. The number of halogens is 2. The highest BCUT2D eigenvalue weighted by Gasteiger charge is 1.96. The minimum absolute atomic E-state index is 0. The third kappa shape index (κ3) is 2.23. The highest BCUT2D eigenvalue weighted by atomic mass is 79.9. The van der Waals surface area contributed by atoms with Crippen molar-refractivity contribution in [1.82, 2.24) is 4.98 Å². The first kappa shape index (κ1) is 11.4. The molecule has 2 nitrogen and oxygen atoms in total. The minimum atomic E-state index is 0. The zero-order valence-electron chi connectivity index (χ0n) is 7.40. The number of nitrogens with two attached hydrogens (primary N) is 1.